The summed E-state index contributed by atoms with van der Waals surface area (Å²) in [6, 6.07) is 9.62. The molecule has 0 spiro atoms. The van der Waals surface area contributed by atoms with Crippen molar-refractivity contribution in [2.75, 3.05) is 7.05 Å². The lowest BCUT2D eigenvalue weighted by Crippen LogP contribution is -2.18. The zero-order valence-electron chi connectivity index (χ0n) is 10.1. The molecule has 1 nitrogen and oxygen atoms in total. The molecule has 0 fully saturated rings. The van der Waals surface area contributed by atoms with Crippen LogP contribution in [-0.4, -0.2) is 7.05 Å². The van der Waals surface area contributed by atoms with Crippen LogP contribution in [0.1, 0.15) is 17.2 Å². The first-order valence-corrected chi connectivity index (χ1v) is 7.05. The van der Waals surface area contributed by atoms with Crippen molar-refractivity contribution in [3.63, 3.8) is 0 Å². The third kappa shape index (κ3) is 3.24. The van der Waals surface area contributed by atoms with E-state index in [1.807, 2.05) is 24.3 Å². The van der Waals surface area contributed by atoms with Gasteiger partial charge in [0.1, 0.15) is 0 Å². The summed E-state index contributed by atoms with van der Waals surface area (Å²) in [7, 11) is 1.75. The molecule has 0 saturated heterocycles. The highest BCUT2D eigenvalue weighted by atomic mass is 127. The van der Waals surface area contributed by atoms with E-state index in [9.17, 15) is 8.78 Å². The summed E-state index contributed by atoms with van der Waals surface area (Å²) in [5, 5.41) is 3.28. The Hall–Kier alpha value is -0.720. The maximum atomic E-state index is 13.4. The van der Waals surface area contributed by atoms with Crippen LogP contribution in [0.5, 0.6) is 0 Å². The van der Waals surface area contributed by atoms with Gasteiger partial charge in [0.2, 0.25) is 0 Å². The molecule has 0 bridgehead atoms. The van der Waals surface area contributed by atoms with Gasteiger partial charge in [0.05, 0.1) is 6.04 Å². The first kappa shape index (κ1) is 14.7. The lowest BCUT2D eigenvalue weighted by atomic mass is 9.98. The average Bonchev–Trinajstić information content (AvgIpc) is 2.36. The van der Waals surface area contributed by atoms with E-state index >= 15 is 0 Å². The van der Waals surface area contributed by atoms with Crippen molar-refractivity contribution >= 4 is 34.2 Å². The van der Waals surface area contributed by atoms with Gasteiger partial charge >= 0.3 is 0 Å². The molecule has 0 amide bonds. The summed E-state index contributed by atoms with van der Waals surface area (Å²) in [5.74, 6) is -1.84. The number of hydrogen-bond donors (Lipinski definition) is 1. The highest BCUT2D eigenvalue weighted by Gasteiger charge is 2.18. The van der Waals surface area contributed by atoms with Crippen LogP contribution in [-0.2, 0) is 0 Å². The van der Waals surface area contributed by atoms with Gasteiger partial charge in [-0.15, -0.1) is 0 Å². The van der Waals surface area contributed by atoms with Gasteiger partial charge in [-0.3, -0.25) is 0 Å². The van der Waals surface area contributed by atoms with Crippen molar-refractivity contribution in [1.29, 1.82) is 0 Å². The molecule has 0 aliphatic carbocycles. The molecule has 0 saturated carbocycles. The zero-order chi connectivity index (χ0) is 14.0. The molecule has 2 aromatic rings. The van der Waals surface area contributed by atoms with Crippen LogP contribution < -0.4 is 5.32 Å². The Morgan fingerprint density at radius 1 is 1.16 bits per heavy atom. The highest BCUT2D eigenvalue weighted by molar-refractivity contribution is 14.1. The lowest BCUT2D eigenvalue weighted by Gasteiger charge is -2.19. The zero-order valence-corrected chi connectivity index (χ0v) is 13.0. The quantitative estimate of drug-likeness (QED) is 0.597. The summed E-state index contributed by atoms with van der Waals surface area (Å²) in [5.41, 5.74) is 1.47. The fraction of sp³-hybridized carbons (Fsp3) is 0.143. The fourth-order valence-electron chi connectivity index (χ4n) is 1.95. The molecule has 1 unspecified atom stereocenters. The maximum absolute atomic E-state index is 13.4. The average molecular weight is 394 g/mol. The first-order valence-electron chi connectivity index (χ1n) is 5.60. The predicted octanol–water partition coefficient (Wildman–Crippen LogP) is 4.53. The molecule has 100 valence electrons. The normalized spacial score (nSPS) is 12.5. The van der Waals surface area contributed by atoms with E-state index in [2.05, 4.69) is 27.9 Å². The lowest BCUT2D eigenvalue weighted by molar-refractivity contribution is 0.505. The van der Waals surface area contributed by atoms with Gasteiger partial charge < -0.3 is 5.32 Å². The van der Waals surface area contributed by atoms with Gasteiger partial charge in [-0.25, -0.2) is 8.78 Å². The van der Waals surface area contributed by atoms with Crippen molar-refractivity contribution in [1.82, 2.24) is 5.32 Å². The smallest absolute Gasteiger partial charge is 0.160 e. The second kappa shape index (κ2) is 6.15. The molecule has 0 aliphatic heterocycles. The molecule has 19 heavy (non-hydrogen) atoms. The molecule has 1 N–H and O–H groups in total. The van der Waals surface area contributed by atoms with Crippen LogP contribution in [0.4, 0.5) is 8.78 Å². The van der Waals surface area contributed by atoms with Crippen molar-refractivity contribution in [3.8, 4) is 0 Å². The summed E-state index contributed by atoms with van der Waals surface area (Å²) in [6.45, 7) is 0. The number of nitrogens with one attached hydrogen (secondary N) is 1. The van der Waals surface area contributed by atoms with Crippen LogP contribution >= 0.6 is 34.2 Å². The molecule has 2 rings (SSSR count). The predicted molar refractivity (Wildman–Crippen MR) is 81.4 cm³/mol. The number of benzene rings is 2. The van der Waals surface area contributed by atoms with Gasteiger partial charge in [0.15, 0.2) is 11.6 Å². The van der Waals surface area contributed by atoms with Crippen LogP contribution in [0.15, 0.2) is 36.4 Å². The molecule has 0 radical (unpaired) electrons. The maximum Gasteiger partial charge on any atom is 0.160 e. The van der Waals surface area contributed by atoms with Gasteiger partial charge in [0, 0.05) is 8.59 Å². The third-order valence-corrected chi connectivity index (χ3v) is 3.82. The standard InChI is InChI=1S/C14H11ClF2IN/c1-19-14(8-3-2-4-9(18)5-8)10-6-12(16)13(17)7-11(10)15/h2-7,14,19H,1H3. The minimum atomic E-state index is -0.939. The molecule has 0 aliphatic rings. The second-order valence-electron chi connectivity index (χ2n) is 4.06. The SMILES string of the molecule is CNC(c1cccc(I)c1)c1cc(F)c(F)cc1Cl. The monoisotopic (exact) mass is 393 g/mol. The molecule has 0 aromatic heterocycles. The molecule has 2 aromatic carbocycles. The molecular formula is C14H11ClF2IN. The minimum Gasteiger partial charge on any atom is -0.309 e. The summed E-state index contributed by atoms with van der Waals surface area (Å²) in [6.07, 6.45) is 0. The number of hydrogen-bond acceptors (Lipinski definition) is 1. The Morgan fingerprint density at radius 3 is 2.47 bits per heavy atom. The van der Waals surface area contributed by atoms with Gasteiger partial charge in [-0.05, 0) is 65.0 Å². The van der Waals surface area contributed by atoms with E-state index in [-0.39, 0.29) is 11.1 Å². The van der Waals surface area contributed by atoms with Crippen molar-refractivity contribution in [3.05, 3.63) is 67.8 Å². The van der Waals surface area contributed by atoms with Crippen molar-refractivity contribution in [2.24, 2.45) is 0 Å². The van der Waals surface area contributed by atoms with E-state index in [4.69, 9.17) is 11.6 Å². The van der Waals surface area contributed by atoms with Gasteiger partial charge in [-0.1, -0.05) is 23.7 Å². The largest absolute Gasteiger partial charge is 0.309 e. The molecule has 0 heterocycles. The van der Waals surface area contributed by atoms with Gasteiger partial charge in [0.25, 0.3) is 0 Å². The summed E-state index contributed by atoms with van der Waals surface area (Å²) in [4.78, 5) is 0. The molecule has 1 atom stereocenters. The third-order valence-electron chi connectivity index (χ3n) is 2.82. The van der Waals surface area contributed by atoms with Crippen molar-refractivity contribution < 1.29 is 8.78 Å². The van der Waals surface area contributed by atoms with E-state index in [1.54, 1.807) is 7.05 Å². The Morgan fingerprint density at radius 2 is 1.84 bits per heavy atom. The van der Waals surface area contributed by atoms with E-state index in [0.29, 0.717) is 5.56 Å². The van der Waals surface area contributed by atoms with Crippen LogP contribution in [0.3, 0.4) is 0 Å². The first-order chi connectivity index (χ1) is 9.02. The van der Waals surface area contributed by atoms with Crippen LogP contribution in [0.2, 0.25) is 5.02 Å². The second-order valence-corrected chi connectivity index (χ2v) is 5.72. The highest BCUT2D eigenvalue weighted by Crippen LogP contribution is 2.30. The Labute approximate surface area is 129 Å². The van der Waals surface area contributed by atoms with Crippen LogP contribution in [0.25, 0.3) is 0 Å². The van der Waals surface area contributed by atoms with E-state index in [1.165, 1.54) is 0 Å². The minimum absolute atomic E-state index is 0.206. The number of rotatable bonds is 3. The summed E-state index contributed by atoms with van der Waals surface area (Å²) < 4.78 is 27.6. The fourth-order valence-corrected chi connectivity index (χ4v) is 2.77. The Kier molecular flexibility index (Phi) is 4.76. The Balaban J connectivity index is 2.51. The molecular weight excluding hydrogens is 383 g/mol. The topological polar surface area (TPSA) is 12.0 Å². The summed E-state index contributed by atoms with van der Waals surface area (Å²) >= 11 is 8.22. The molecule has 5 heteroatoms. The number of halogens is 4. The van der Waals surface area contributed by atoms with Crippen molar-refractivity contribution in [2.45, 2.75) is 6.04 Å². The van der Waals surface area contributed by atoms with E-state index in [0.717, 1.165) is 21.3 Å². The van der Waals surface area contributed by atoms with Gasteiger partial charge in [-0.2, -0.15) is 0 Å². The van der Waals surface area contributed by atoms with Crippen LogP contribution in [0, 0.1) is 15.2 Å². The van der Waals surface area contributed by atoms with E-state index < -0.39 is 11.6 Å². The Bertz CT molecular complexity index is 604.